The molecule has 1 amide bonds. The van der Waals surface area contributed by atoms with Crippen molar-refractivity contribution in [1.82, 2.24) is 9.80 Å². The molecule has 3 fully saturated rings. The van der Waals surface area contributed by atoms with Crippen LogP contribution in [0.3, 0.4) is 0 Å². The fourth-order valence-corrected chi connectivity index (χ4v) is 7.91. The van der Waals surface area contributed by atoms with E-state index in [-0.39, 0.29) is 29.6 Å². The lowest BCUT2D eigenvalue weighted by atomic mass is 9.48. The van der Waals surface area contributed by atoms with Crippen LogP contribution in [0.25, 0.3) is 6.08 Å². The summed E-state index contributed by atoms with van der Waals surface area (Å²) in [7, 11) is 1.78. The number of nitrogens with zero attached hydrogens (tertiary/aromatic N) is 2. The molecule has 0 unspecified atom stereocenters. The van der Waals surface area contributed by atoms with Gasteiger partial charge in [-0.25, -0.2) is 4.39 Å². The SMILES string of the molecule is CN(C(=O)/C=C/c1cccc(F)c1)[C@H]1CC[C@@]2(O)[C@H]3Cc4ccc(O)c5c4[C@@]2(CCN3CC2CC2)[C@H]1O5. The van der Waals surface area contributed by atoms with Crippen LogP contribution >= 0.6 is 0 Å². The van der Waals surface area contributed by atoms with Crippen LogP contribution in [0, 0.1) is 11.7 Å². The van der Waals surface area contributed by atoms with E-state index in [0.717, 1.165) is 43.0 Å². The van der Waals surface area contributed by atoms with Gasteiger partial charge in [0.05, 0.1) is 17.1 Å². The fourth-order valence-electron chi connectivity index (χ4n) is 7.91. The number of hydrogen-bond donors (Lipinski definition) is 2. The molecule has 2 bridgehead atoms. The molecule has 37 heavy (non-hydrogen) atoms. The molecule has 2 aromatic rings. The summed E-state index contributed by atoms with van der Waals surface area (Å²) in [6.45, 7) is 1.91. The molecule has 2 N–H and O–H groups in total. The third-order valence-corrected chi connectivity index (χ3v) is 9.84. The second kappa shape index (κ2) is 8.05. The lowest BCUT2D eigenvalue weighted by Crippen LogP contribution is -2.78. The molecule has 2 aromatic carbocycles. The van der Waals surface area contributed by atoms with Gasteiger partial charge in [-0.1, -0.05) is 18.2 Å². The molecule has 3 aliphatic carbocycles. The van der Waals surface area contributed by atoms with Crippen molar-refractivity contribution in [2.75, 3.05) is 20.1 Å². The molecule has 0 radical (unpaired) electrons. The summed E-state index contributed by atoms with van der Waals surface area (Å²) >= 11 is 0. The quantitative estimate of drug-likeness (QED) is 0.609. The van der Waals surface area contributed by atoms with Gasteiger partial charge in [0.15, 0.2) is 11.5 Å². The monoisotopic (exact) mass is 504 g/mol. The number of phenols is 1. The van der Waals surface area contributed by atoms with Crippen LogP contribution in [0.2, 0.25) is 0 Å². The molecular weight excluding hydrogens is 471 g/mol. The number of piperidine rings is 1. The third-order valence-electron chi connectivity index (χ3n) is 9.84. The van der Waals surface area contributed by atoms with E-state index >= 15 is 0 Å². The van der Waals surface area contributed by atoms with Crippen LogP contribution in [0.1, 0.15) is 48.8 Å². The lowest BCUT2D eigenvalue weighted by Gasteiger charge is -2.64. The number of aromatic hydroxyl groups is 1. The van der Waals surface area contributed by atoms with Crippen LogP contribution in [0.4, 0.5) is 4.39 Å². The van der Waals surface area contributed by atoms with E-state index in [9.17, 15) is 19.4 Å². The number of rotatable bonds is 5. The Hall–Kier alpha value is -2.90. The molecule has 7 heteroatoms. The molecule has 6 nitrogen and oxygen atoms in total. The van der Waals surface area contributed by atoms with Gasteiger partial charge in [-0.3, -0.25) is 9.69 Å². The van der Waals surface area contributed by atoms with Gasteiger partial charge in [0.25, 0.3) is 0 Å². The Morgan fingerprint density at radius 1 is 1.24 bits per heavy atom. The molecule has 1 saturated heterocycles. The zero-order valence-corrected chi connectivity index (χ0v) is 21.1. The second-order valence-electron chi connectivity index (χ2n) is 11.7. The number of ether oxygens (including phenoxy) is 1. The van der Waals surface area contributed by atoms with Gasteiger partial charge in [-0.2, -0.15) is 0 Å². The van der Waals surface area contributed by atoms with E-state index in [4.69, 9.17) is 4.74 Å². The van der Waals surface area contributed by atoms with Gasteiger partial charge in [-0.15, -0.1) is 0 Å². The van der Waals surface area contributed by atoms with Crippen molar-refractivity contribution in [1.29, 1.82) is 0 Å². The molecule has 2 heterocycles. The summed E-state index contributed by atoms with van der Waals surface area (Å²) in [5.41, 5.74) is 1.09. The fraction of sp³-hybridized carbons (Fsp3) is 0.500. The number of benzene rings is 2. The molecule has 2 aliphatic heterocycles. The maximum Gasteiger partial charge on any atom is 0.246 e. The molecule has 0 aromatic heterocycles. The summed E-state index contributed by atoms with van der Waals surface area (Å²) in [5, 5.41) is 23.4. The van der Waals surface area contributed by atoms with E-state index in [1.54, 1.807) is 36.2 Å². The lowest BCUT2D eigenvalue weighted by molar-refractivity contribution is -0.200. The van der Waals surface area contributed by atoms with E-state index in [1.165, 1.54) is 31.1 Å². The number of likely N-dealkylation sites (N-methyl/N-ethyl adjacent to an activating group) is 1. The number of aliphatic hydroxyl groups is 1. The highest BCUT2D eigenvalue weighted by molar-refractivity contribution is 5.92. The summed E-state index contributed by atoms with van der Waals surface area (Å²) < 4.78 is 20.2. The Kier molecular flexibility index (Phi) is 5.05. The number of carbonyl (C=O) groups is 1. The predicted molar refractivity (Wildman–Crippen MR) is 137 cm³/mol. The minimum absolute atomic E-state index is 0.00535. The highest BCUT2D eigenvalue weighted by atomic mass is 19.1. The Bertz CT molecular complexity index is 1310. The van der Waals surface area contributed by atoms with Crippen molar-refractivity contribution >= 4 is 12.0 Å². The van der Waals surface area contributed by atoms with Crippen LogP contribution in [-0.4, -0.2) is 69.8 Å². The smallest absolute Gasteiger partial charge is 0.246 e. The molecule has 7 rings (SSSR count). The maximum absolute atomic E-state index is 13.6. The van der Waals surface area contributed by atoms with Gasteiger partial charge < -0.3 is 19.8 Å². The Labute approximate surface area is 216 Å². The number of likely N-dealkylation sites (tertiary alicyclic amines) is 1. The number of hydrogen-bond acceptors (Lipinski definition) is 5. The highest BCUT2D eigenvalue weighted by Gasteiger charge is 2.73. The van der Waals surface area contributed by atoms with Crippen molar-refractivity contribution < 1.29 is 24.1 Å². The molecular formula is C30H33FN2O4. The van der Waals surface area contributed by atoms with Gasteiger partial charge in [0.2, 0.25) is 5.91 Å². The minimum Gasteiger partial charge on any atom is -0.504 e. The summed E-state index contributed by atoms with van der Waals surface area (Å²) in [6.07, 6.45) is 7.85. The topological polar surface area (TPSA) is 73.2 Å². The summed E-state index contributed by atoms with van der Waals surface area (Å²) in [4.78, 5) is 17.5. The Morgan fingerprint density at radius 2 is 2.08 bits per heavy atom. The zero-order valence-electron chi connectivity index (χ0n) is 21.1. The minimum atomic E-state index is -0.978. The second-order valence-corrected chi connectivity index (χ2v) is 11.7. The van der Waals surface area contributed by atoms with Gasteiger partial charge >= 0.3 is 0 Å². The van der Waals surface area contributed by atoms with Gasteiger partial charge in [0, 0.05) is 31.3 Å². The predicted octanol–water partition coefficient (Wildman–Crippen LogP) is 3.64. The first-order valence-electron chi connectivity index (χ1n) is 13.5. The normalized spacial score (nSPS) is 33.8. The number of amides is 1. The highest BCUT2D eigenvalue weighted by Crippen LogP contribution is 2.66. The molecule has 194 valence electrons. The van der Waals surface area contributed by atoms with E-state index in [1.807, 2.05) is 6.07 Å². The van der Waals surface area contributed by atoms with Gasteiger partial charge in [0.1, 0.15) is 11.9 Å². The number of carbonyl (C=O) groups excluding carboxylic acids is 1. The molecule has 5 aliphatic rings. The third kappa shape index (κ3) is 3.26. The molecule has 5 atom stereocenters. The van der Waals surface area contributed by atoms with Crippen molar-refractivity contribution in [3.63, 3.8) is 0 Å². The standard InChI is InChI=1S/C30H33FN2O4/c1-32(25(35)10-7-18-3-2-4-21(31)15-18)22-11-12-30(36)24-16-20-8-9-23(34)27-26(20)29(30,28(22)37-27)13-14-33(24)17-19-5-6-19/h2-4,7-10,15,19,22,24,28,34,36H,5-6,11-14,16-17H2,1H3/b10-7+/t22-,24+,28-,29-,30+/m0/s1. The summed E-state index contributed by atoms with van der Waals surface area (Å²) in [5.74, 6) is 0.774. The van der Waals surface area contributed by atoms with E-state index in [2.05, 4.69) is 4.90 Å². The first kappa shape index (κ1) is 23.2. The van der Waals surface area contributed by atoms with Crippen molar-refractivity contribution in [3.8, 4) is 11.5 Å². The van der Waals surface area contributed by atoms with Gasteiger partial charge in [-0.05, 0) is 86.4 Å². The van der Waals surface area contributed by atoms with E-state index in [0.29, 0.717) is 24.2 Å². The molecule has 2 saturated carbocycles. The molecule has 1 spiro atoms. The Balaban J connectivity index is 1.25. The van der Waals surface area contributed by atoms with Crippen molar-refractivity contribution in [2.24, 2.45) is 5.92 Å². The number of halogens is 1. The largest absolute Gasteiger partial charge is 0.504 e. The van der Waals surface area contributed by atoms with Crippen LogP contribution in [0.15, 0.2) is 42.5 Å². The van der Waals surface area contributed by atoms with Crippen molar-refractivity contribution in [3.05, 3.63) is 65.0 Å². The maximum atomic E-state index is 13.6. The van der Waals surface area contributed by atoms with Crippen LogP contribution in [-0.2, 0) is 16.6 Å². The average molecular weight is 505 g/mol. The summed E-state index contributed by atoms with van der Waals surface area (Å²) in [6, 6.07) is 9.58. The zero-order chi connectivity index (χ0) is 25.5. The average Bonchev–Trinajstić information content (AvgIpc) is 3.62. The van der Waals surface area contributed by atoms with Crippen LogP contribution in [0.5, 0.6) is 11.5 Å². The number of phenolic OH excluding ortho intramolecular Hbond substituents is 1. The van der Waals surface area contributed by atoms with Crippen LogP contribution < -0.4 is 4.74 Å². The van der Waals surface area contributed by atoms with Crippen molar-refractivity contribution in [2.45, 2.75) is 67.7 Å². The first-order chi connectivity index (χ1) is 17.8. The van der Waals surface area contributed by atoms with E-state index < -0.39 is 17.1 Å². The first-order valence-corrected chi connectivity index (χ1v) is 13.5. The Morgan fingerprint density at radius 3 is 2.86 bits per heavy atom.